The van der Waals surface area contributed by atoms with Crippen LogP contribution in [0.5, 0.6) is 0 Å². The van der Waals surface area contributed by atoms with Crippen molar-refractivity contribution in [2.45, 2.75) is 10.9 Å². The zero-order valence-corrected chi connectivity index (χ0v) is 11.9. The van der Waals surface area contributed by atoms with Crippen molar-refractivity contribution < 1.29 is 8.83 Å². The number of halogens is 1. The van der Waals surface area contributed by atoms with Crippen molar-refractivity contribution in [3.8, 4) is 11.7 Å². The van der Waals surface area contributed by atoms with Crippen molar-refractivity contribution in [2.24, 2.45) is 0 Å². The Hall–Kier alpha value is -1.67. The fourth-order valence-corrected chi connectivity index (χ4v) is 2.27. The Morgan fingerprint density at radius 2 is 1.95 bits per heavy atom. The van der Waals surface area contributed by atoms with Gasteiger partial charge in [-0.2, -0.15) is 0 Å². The molecule has 0 atom stereocenters. The Labute approximate surface area is 120 Å². The summed E-state index contributed by atoms with van der Waals surface area (Å²) in [5.41, 5.74) is 0. The Balaban J connectivity index is 1.68. The van der Waals surface area contributed by atoms with Crippen molar-refractivity contribution in [1.29, 1.82) is 0 Å². The number of hydrogen-bond donors (Lipinski definition) is 0. The number of furan rings is 1. The maximum Gasteiger partial charge on any atom is 0.283 e. The normalized spacial score (nSPS) is 10.8. The van der Waals surface area contributed by atoms with Crippen LogP contribution < -0.4 is 0 Å². The van der Waals surface area contributed by atoms with Crippen LogP contribution in [0.3, 0.4) is 0 Å². The van der Waals surface area contributed by atoms with Gasteiger partial charge in [-0.1, -0.05) is 11.8 Å². The molecule has 0 unspecified atom stereocenters. The van der Waals surface area contributed by atoms with E-state index in [0.717, 1.165) is 0 Å². The lowest BCUT2D eigenvalue weighted by atomic mass is 10.5. The van der Waals surface area contributed by atoms with Gasteiger partial charge in [-0.25, -0.2) is 9.97 Å². The molecule has 3 aromatic heterocycles. The zero-order chi connectivity index (χ0) is 13.1. The first-order valence-electron chi connectivity index (χ1n) is 5.29. The van der Waals surface area contributed by atoms with Crippen LogP contribution in [-0.2, 0) is 5.75 Å². The summed E-state index contributed by atoms with van der Waals surface area (Å²) >= 11 is 4.65. The van der Waals surface area contributed by atoms with Gasteiger partial charge in [0.25, 0.3) is 5.89 Å². The predicted octanol–water partition coefficient (Wildman–Crippen LogP) is 3.17. The van der Waals surface area contributed by atoms with Gasteiger partial charge < -0.3 is 8.83 Å². The predicted molar refractivity (Wildman–Crippen MR) is 71.3 cm³/mol. The van der Waals surface area contributed by atoms with E-state index < -0.39 is 0 Å². The lowest BCUT2D eigenvalue weighted by Crippen LogP contribution is -1.85. The Morgan fingerprint density at radius 3 is 2.68 bits per heavy atom. The molecular formula is C11H7BrN4O2S. The first-order valence-corrected chi connectivity index (χ1v) is 7.07. The molecular weight excluding hydrogens is 332 g/mol. The van der Waals surface area contributed by atoms with E-state index in [9.17, 15) is 0 Å². The average Bonchev–Trinajstić information content (AvgIpc) is 3.06. The van der Waals surface area contributed by atoms with E-state index >= 15 is 0 Å². The molecule has 0 bridgehead atoms. The Bertz CT molecular complexity index is 670. The molecule has 0 aliphatic heterocycles. The van der Waals surface area contributed by atoms with E-state index in [4.69, 9.17) is 8.83 Å². The molecule has 0 aromatic carbocycles. The van der Waals surface area contributed by atoms with Gasteiger partial charge in [0.15, 0.2) is 15.6 Å². The molecule has 0 saturated heterocycles. The SMILES string of the molecule is Brc1ccc(-c2nnc(CSc3ncccn3)o2)o1. The van der Waals surface area contributed by atoms with Crippen LogP contribution in [0, 0.1) is 0 Å². The summed E-state index contributed by atoms with van der Waals surface area (Å²) < 4.78 is 11.4. The molecule has 3 aromatic rings. The number of thioether (sulfide) groups is 1. The molecule has 0 N–H and O–H groups in total. The van der Waals surface area contributed by atoms with E-state index in [1.807, 2.05) is 0 Å². The van der Waals surface area contributed by atoms with Gasteiger partial charge in [0.05, 0.1) is 5.75 Å². The molecule has 3 heterocycles. The highest BCUT2D eigenvalue weighted by Crippen LogP contribution is 2.25. The van der Waals surface area contributed by atoms with Crippen LogP contribution in [-0.4, -0.2) is 20.2 Å². The molecule has 6 nitrogen and oxygen atoms in total. The summed E-state index contributed by atoms with van der Waals surface area (Å²) in [6.45, 7) is 0. The summed E-state index contributed by atoms with van der Waals surface area (Å²) in [4.78, 5) is 8.20. The molecule has 0 fully saturated rings. The first-order chi connectivity index (χ1) is 9.31. The third-order valence-corrected chi connectivity index (χ3v) is 3.40. The highest BCUT2D eigenvalue weighted by atomic mass is 79.9. The first kappa shape index (κ1) is 12.4. The van der Waals surface area contributed by atoms with E-state index in [0.29, 0.717) is 33.1 Å². The number of aromatic nitrogens is 4. The van der Waals surface area contributed by atoms with Gasteiger partial charge in [-0.3, -0.25) is 0 Å². The van der Waals surface area contributed by atoms with Crippen molar-refractivity contribution >= 4 is 27.7 Å². The van der Waals surface area contributed by atoms with Crippen LogP contribution in [0.25, 0.3) is 11.7 Å². The lowest BCUT2D eigenvalue weighted by molar-refractivity contribution is 0.486. The van der Waals surface area contributed by atoms with Crippen LogP contribution in [0.15, 0.2) is 49.3 Å². The molecule has 0 aliphatic rings. The Morgan fingerprint density at radius 1 is 1.11 bits per heavy atom. The van der Waals surface area contributed by atoms with Gasteiger partial charge in [0, 0.05) is 12.4 Å². The van der Waals surface area contributed by atoms with Gasteiger partial charge in [-0.15, -0.1) is 10.2 Å². The summed E-state index contributed by atoms with van der Waals surface area (Å²) in [6.07, 6.45) is 3.38. The average molecular weight is 339 g/mol. The molecule has 19 heavy (non-hydrogen) atoms. The van der Waals surface area contributed by atoms with Crippen molar-refractivity contribution in [1.82, 2.24) is 20.2 Å². The molecule has 3 rings (SSSR count). The second kappa shape index (κ2) is 5.54. The van der Waals surface area contributed by atoms with Gasteiger partial charge in [-0.05, 0) is 34.1 Å². The van der Waals surface area contributed by atoms with Gasteiger partial charge in [0.1, 0.15) is 0 Å². The maximum absolute atomic E-state index is 5.49. The monoisotopic (exact) mass is 338 g/mol. The molecule has 0 radical (unpaired) electrons. The van der Waals surface area contributed by atoms with Crippen molar-refractivity contribution in [2.75, 3.05) is 0 Å². The minimum absolute atomic E-state index is 0.357. The maximum atomic E-state index is 5.49. The van der Waals surface area contributed by atoms with Crippen LogP contribution in [0.2, 0.25) is 0 Å². The second-order valence-corrected chi connectivity index (χ2v) is 5.15. The van der Waals surface area contributed by atoms with E-state index in [1.54, 1.807) is 30.6 Å². The quantitative estimate of drug-likeness (QED) is 0.534. The number of rotatable bonds is 4. The highest BCUT2D eigenvalue weighted by molar-refractivity contribution is 9.10. The van der Waals surface area contributed by atoms with Crippen molar-refractivity contribution in [3.05, 3.63) is 41.2 Å². The minimum atomic E-state index is 0.357. The van der Waals surface area contributed by atoms with Crippen LogP contribution in [0.1, 0.15) is 5.89 Å². The molecule has 0 amide bonds. The van der Waals surface area contributed by atoms with Crippen LogP contribution >= 0.6 is 27.7 Å². The largest absolute Gasteiger partial charge is 0.444 e. The van der Waals surface area contributed by atoms with Crippen LogP contribution in [0.4, 0.5) is 0 Å². The summed E-state index contributed by atoms with van der Waals surface area (Å²) in [5.74, 6) is 1.90. The Kier molecular flexibility index (Phi) is 3.60. The third-order valence-electron chi connectivity index (χ3n) is 2.12. The zero-order valence-electron chi connectivity index (χ0n) is 9.49. The summed E-state index contributed by atoms with van der Waals surface area (Å²) in [7, 11) is 0. The smallest absolute Gasteiger partial charge is 0.283 e. The third kappa shape index (κ3) is 3.02. The van der Waals surface area contributed by atoms with Gasteiger partial charge in [0.2, 0.25) is 5.89 Å². The molecule has 0 spiro atoms. The summed E-state index contributed by atoms with van der Waals surface area (Å²) in [5, 5.41) is 8.54. The topological polar surface area (TPSA) is 77.8 Å². The van der Waals surface area contributed by atoms with Crippen molar-refractivity contribution in [3.63, 3.8) is 0 Å². The molecule has 0 aliphatic carbocycles. The standard InChI is InChI=1S/C11H7BrN4O2S/c12-8-3-2-7(17-8)10-16-15-9(18-10)6-19-11-13-4-1-5-14-11/h1-5H,6H2. The van der Waals surface area contributed by atoms with E-state index in [-0.39, 0.29) is 0 Å². The van der Waals surface area contributed by atoms with E-state index in [2.05, 4.69) is 36.1 Å². The summed E-state index contributed by atoms with van der Waals surface area (Å²) in [6, 6.07) is 5.30. The lowest BCUT2D eigenvalue weighted by Gasteiger charge is -1.94. The highest BCUT2D eigenvalue weighted by Gasteiger charge is 2.12. The number of hydrogen-bond acceptors (Lipinski definition) is 7. The molecule has 8 heteroatoms. The van der Waals surface area contributed by atoms with Gasteiger partial charge >= 0.3 is 0 Å². The minimum Gasteiger partial charge on any atom is -0.444 e. The number of nitrogens with zero attached hydrogens (tertiary/aromatic N) is 4. The molecule has 96 valence electrons. The fourth-order valence-electron chi connectivity index (χ4n) is 1.33. The fraction of sp³-hybridized carbons (Fsp3) is 0.0909. The van der Waals surface area contributed by atoms with E-state index in [1.165, 1.54) is 11.8 Å². The second-order valence-electron chi connectivity index (χ2n) is 3.42. The molecule has 0 saturated carbocycles.